The van der Waals surface area contributed by atoms with E-state index in [4.69, 9.17) is 4.74 Å². The Hall–Kier alpha value is -2.91. The van der Waals surface area contributed by atoms with Gasteiger partial charge in [0.2, 0.25) is 0 Å². The highest BCUT2D eigenvalue weighted by Crippen LogP contribution is 2.45. The molecular weight excluding hydrogens is 372 g/mol. The second-order valence-corrected chi connectivity index (χ2v) is 11.7. The molecule has 0 aromatic heterocycles. The lowest BCUT2D eigenvalue weighted by molar-refractivity contribution is -0.134. The maximum Gasteiger partial charge on any atom is 0.330 e. The first-order chi connectivity index (χ1) is 14.2. The highest BCUT2D eigenvalue weighted by molar-refractivity contribution is 7.11. The molecule has 146 valence electrons. The lowest BCUT2D eigenvalue weighted by Crippen LogP contribution is -2.67. The Morgan fingerprint density at radius 1 is 0.862 bits per heavy atom. The average molecular weight is 399 g/mol. The number of esters is 1. The number of hydrogen-bond acceptors (Lipinski definition) is 2. The normalized spacial score (nSPS) is 18.5. The summed E-state index contributed by atoms with van der Waals surface area (Å²) in [6, 6.07) is 34.2. The number of carbonyl (C=O) groups is 1. The summed E-state index contributed by atoms with van der Waals surface area (Å²) < 4.78 is 4.76. The predicted octanol–water partition coefficient (Wildman–Crippen LogP) is 3.52. The minimum absolute atomic E-state index is 0.270. The maximum atomic E-state index is 11.5. The van der Waals surface area contributed by atoms with Crippen LogP contribution in [-0.4, -0.2) is 21.2 Å². The number of carbonyl (C=O) groups excluding carboxylic acids is 1. The molecule has 0 unspecified atom stereocenters. The van der Waals surface area contributed by atoms with Gasteiger partial charge in [-0.2, -0.15) is 0 Å². The maximum absolute atomic E-state index is 11.5. The molecule has 2 atom stereocenters. The summed E-state index contributed by atoms with van der Waals surface area (Å²) >= 11 is 0. The van der Waals surface area contributed by atoms with Crippen molar-refractivity contribution in [1.82, 2.24) is 0 Å². The summed E-state index contributed by atoms with van der Waals surface area (Å²) in [6.07, 6.45) is 4.76. The quantitative estimate of drug-likeness (QED) is 0.263. The van der Waals surface area contributed by atoms with Crippen molar-refractivity contribution in [3.05, 3.63) is 103 Å². The van der Waals surface area contributed by atoms with Crippen LogP contribution in [0.2, 0.25) is 6.04 Å². The van der Waals surface area contributed by atoms with Gasteiger partial charge < -0.3 is 4.74 Å². The minimum Gasteiger partial charge on any atom is -0.466 e. The van der Waals surface area contributed by atoms with E-state index in [9.17, 15) is 4.79 Å². The Morgan fingerprint density at radius 2 is 1.31 bits per heavy atom. The molecule has 3 heteroatoms. The van der Waals surface area contributed by atoms with Crippen LogP contribution in [0.3, 0.4) is 0 Å². The highest BCUT2D eigenvalue weighted by Gasteiger charge is 2.47. The van der Waals surface area contributed by atoms with Crippen molar-refractivity contribution < 1.29 is 9.53 Å². The summed E-state index contributed by atoms with van der Waals surface area (Å²) in [5.74, 6) is 0.772. The van der Waals surface area contributed by atoms with Crippen LogP contribution >= 0.6 is 0 Å². The van der Waals surface area contributed by atoms with Gasteiger partial charge in [0, 0.05) is 6.08 Å². The van der Waals surface area contributed by atoms with Gasteiger partial charge in [0.05, 0.1) is 7.11 Å². The molecule has 0 bridgehead atoms. The van der Waals surface area contributed by atoms with E-state index in [0.29, 0.717) is 11.8 Å². The Morgan fingerprint density at radius 3 is 1.72 bits per heavy atom. The van der Waals surface area contributed by atoms with E-state index < -0.39 is 8.07 Å². The second kappa shape index (κ2) is 8.62. The molecule has 0 radical (unpaired) electrons. The fourth-order valence-electron chi connectivity index (χ4n) is 4.43. The monoisotopic (exact) mass is 398 g/mol. The van der Waals surface area contributed by atoms with Gasteiger partial charge in [-0.15, -0.1) is 0 Å². The Bertz CT molecular complexity index is 871. The third-order valence-electron chi connectivity index (χ3n) is 6.03. The van der Waals surface area contributed by atoms with Gasteiger partial charge in [0.1, 0.15) is 8.07 Å². The lowest BCUT2D eigenvalue weighted by atomic mass is 10.3. The van der Waals surface area contributed by atoms with Crippen molar-refractivity contribution in [3.63, 3.8) is 0 Å². The zero-order chi connectivity index (χ0) is 20.1. The van der Waals surface area contributed by atoms with Crippen LogP contribution in [0, 0.1) is 11.8 Å². The second-order valence-electron chi connectivity index (χ2n) is 7.75. The SMILES string of the molecule is COC(=O)/C=C/[C@@H]1C[C@@H]1C[Si](c1ccccc1)(c1ccccc1)c1ccccc1. The van der Waals surface area contributed by atoms with Gasteiger partial charge in [-0.25, -0.2) is 4.79 Å². The molecule has 0 heterocycles. The van der Waals surface area contributed by atoms with Crippen LogP contribution in [0.1, 0.15) is 6.42 Å². The van der Waals surface area contributed by atoms with E-state index in [1.165, 1.54) is 22.7 Å². The minimum atomic E-state index is -2.18. The van der Waals surface area contributed by atoms with E-state index in [2.05, 4.69) is 91.0 Å². The van der Waals surface area contributed by atoms with Crippen molar-refractivity contribution in [3.8, 4) is 0 Å². The molecule has 0 saturated heterocycles. The fraction of sp³-hybridized carbons (Fsp3) is 0.192. The molecular formula is C26H26O2Si. The average Bonchev–Trinajstić information content (AvgIpc) is 3.55. The van der Waals surface area contributed by atoms with Gasteiger partial charge in [-0.3, -0.25) is 0 Å². The molecule has 0 N–H and O–H groups in total. The topological polar surface area (TPSA) is 26.3 Å². The zero-order valence-electron chi connectivity index (χ0n) is 16.7. The summed E-state index contributed by atoms with van der Waals surface area (Å²) in [7, 11) is -0.755. The standard InChI is InChI=1S/C26H26O2Si/c1-28-26(27)18-17-21-19-22(21)20-29(23-11-5-2-6-12-23,24-13-7-3-8-14-24)25-15-9-4-10-16-25/h2-18,21-22H,19-20H2,1H3/b18-17+/t21-,22-/m1/s1. The largest absolute Gasteiger partial charge is 0.466 e. The number of hydrogen-bond donors (Lipinski definition) is 0. The molecule has 0 amide bonds. The molecule has 0 spiro atoms. The van der Waals surface area contributed by atoms with E-state index in [0.717, 1.165) is 12.5 Å². The van der Waals surface area contributed by atoms with Crippen LogP contribution in [0.25, 0.3) is 0 Å². The molecule has 29 heavy (non-hydrogen) atoms. The molecule has 3 aromatic rings. The van der Waals surface area contributed by atoms with Gasteiger partial charge in [0.25, 0.3) is 0 Å². The van der Waals surface area contributed by atoms with E-state index in [-0.39, 0.29) is 5.97 Å². The van der Waals surface area contributed by atoms with Crippen LogP contribution in [-0.2, 0) is 9.53 Å². The number of ether oxygens (including phenoxy) is 1. The molecule has 1 aliphatic rings. The number of benzene rings is 3. The number of methoxy groups -OCH3 is 1. The molecule has 3 aromatic carbocycles. The predicted molar refractivity (Wildman–Crippen MR) is 122 cm³/mol. The van der Waals surface area contributed by atoms with E-state index >= 15 is 0 Å². The van der Waals surface area contributed by atoms with Crippen molar-refractivity contribution in [2.75, 3.05) is 7.11 Å². The molecule has 1 saturated carbocycles. The molecule has 0 aliphatic heterocycles. The first-order valence-electron chi connectivity index (χ1n) is 10.2. The van der Waals surface area contributed by atoms with E-state index in [1.807, 2.05) is 6.08 Å². The van der Waals surface area contributed by atoms with Crippen molar-refractivity contribution in [2.45, 2.75) is 12.5 Å². The summed E-state index contributed by atoms with van der Waals surface area (Å²) in [6.45, 7) is 0. The first-order valence-corrected chi connectivity index (χ1v) is 12.4. The fourth-order valence-corrected chi connectivity index (χ4v) is 9.67. The smallest absolute Gasteiger partial charge is 0.330 e. The van der Waals surface area contributed by atoms with Gasteiger partial charge in [-0.1, -0.05) is 97.1 Å². The highest BCUT2D eigenvalue weighted by atomic mass is 28.3. The first kappa shape index (κ1) is 19.4. The third-order valence-corrected chi connectivity index (χ3v) is 11.1. The Labute approximate surface area is 173 Å². The number of allylic oxidation sites excluding steroid dienone is 1. The zero-order valence-corrected chi connectivity index (χ0v) is 17.7. The summed E-state index contributed by atoms with van der Waals surface area (Å²) in [4.78, 5) is 11.5. The van der Waals surface area contributed by atoms with E-state index in [1.54, 1.807) is 6.08 Å². The Balaban J connectivity index is 1.77. The van der Waals surface area contributed by atoms with Crippen LogP contribution in [0.15, 0.2) is 103 Å². The summed E-state index contributed by atoms with van der Waals surface area (Å²) in [5.41, 5.74) is 0. The molecule has 2 nitrogen and oxygen atoms in total. The summed E-state index contributed by atoms with van der Waals surface area (Å²) in [5, 5.41) is 4.33. The Kier molecular flexibility index (Phi) is 5.77. The molecule has 4 rings (SSSR count). The molecule has 1 aliphatic carbocycles. The third kappa shape index (κ3) is 4.10. The van der Waals surface area contributed by atoms with Gasteiger partial charge >= 0.3 is 5.97 Å². The van der Waals surface area contributed by atoms with Crippen molar-refractivity contribution in [1.29, 1.82) is 0 Å². The van der Waals surface area contributed by atoms with Crippen LogP contribution in [0.5, 0.6) is 0 Å². The molecule has 1 fully saturated rings. The number of rotatable bonds is 7. The van der Waals surface area contributed by atoms with Gasteiger partial charge in [0.15, 0.2) is 0 Å². The van der Waals surface area contributed by atoms with Crippen molar-refractivity contribution in [2.24, 2.45) is 11.8 Å². The van der Waals surface area contributed by atoms with Crippen LogP contribution < -0.4 is 15.6 Å². The van der Waals surface area contributed by atoms with Crippen LogP contribution in [0.4, 0.5) is 0 Å². The van der Waals surface area contributed by atoms with Gasteiger partial charge in [-0.05, 0) is 39.9 Å². The van der Waals surface area contributed by atoms with Crippen molar-refractivity contribution >= 4 is 29.6 Å². The lowest BCUT2D eigenvalue weighted by Gasteiger charge is -2.34.